The number of carbonyl (C=O) groups is 2. The lowest BCUT2D eigenvalue weighted by Crippen LogP contribution is -2.14. The van der Waals surface area contributed by atoms with Crippen LogP contribution in [0.1, 0.15) is 65.2 Å². The highest BCUT2D eigenvalue weighted by atomic mass is 16.5. The molecule has 2 unspecified atom stereocenters. The third-order valence-corrected chi connectivity index (χ3v) is 3.43. The molecule has 0 amide bonds. The van der Waals surface area contributed by atoms with Crippen molar-refractivity contribution in [3.05, 3.63) is 0 Å². The van der Waals surface area contributed by atoms with E-state index in [1.54, 1.807) is 0 Å². The molecule has 1 saturated heterocycles. The van der Waals surface area contributed by atoms with Crippen molar-refractivity contribution in [2.45, 2.75) is 71.3 Å². The first-order valence-electron chi connectivity index (χ1n) is 6.82. The predicted molar refractivity (Wildman–Crippen MR) is 66.7 cm³/mol. The van der Waals surface area contributed by atoms with Crippen molar-refractivity contribution >= 4 is 11.8 Å². The second-order valence-electron chi connectivity index (χ2n) is 5.16. The summed E-state index contributed by atoms with van der Waals surface area (Å²) in [5, 5.41) is 0. The second-order valence-corrected chi connectivity index (χ2v) is 5.16. The molecular formula is C14H24O3. The summed E-state index contributed by atoms with van der Waals surface area (Å²) in [6.07, 6.45) is 8.28. The molecule has 0 aromatic rings. The number of ketones is 1. The quantitative estimate of drug-likeness (QED) is 0.610. The number of hydrogen-bond donors (Lipinski definition) is 0. The van der Waals surface area contributed by atoms with E-state index >= 15 is 0 Å². The van der Waals surface area contributed by atoms with Crippen molar-refractivity contribution in [3.63, 3.8) is 0 Å². The maximum Gasteiger partial charge on any atom is 0.306 e. The topological polar surface area (TPSA) is 43.4 Å². The average molecular weight is 240 g/mol. The number of carbonyl (C=O) groups excluding carboxylic acids is 2. The van der Waals surface area contributed by atoms with E-state index in [1.807, 2.05) is 13.8 Å². The first-order valence-corrected chi connectivity index (χ1v) is 6.82. The zero-order valence-corrected chi connectivity index (χ0v) is 11.0. The van der Waals surface area contributed by atoms with E-state index in [2.05, 4.69) is 0 Å². The summed E-state index contributed by atoms with van der Waals surface area (Å²) in [6, 6.07) is 0. The van der Waals surface area contributed by atoms with E-state index in [0.717, 1.165) is 38.5 Å². The number of rotatable bonds is 0. The standard InChI is InChI=1S/C7H12O2.C7H12O/c1-6-4-2-3-5-7(8)9-6;1-6-4-2-3-5-7(6)8/h6H,2-5H2,1H3;6H,2-5H2,1H3. The van der Waals surface area contributed by atoms with Gasteiger partial charge in [0.1, 0.15) is 5.78 Å². The van der Waals surface area contributed by atoms with E-state index in [0.29, 0.717) is 18.1 Å². The largest absolute Gasteiger partial charge is 0.463 e. The molecule has 3 heteroatoms. The first-order chi connectivity index (χ1) is 8.09. The van der Waals surface area contributed by atoms with Crippen LogP contribution in [0.5, 0.6) is 0 Å². The van der Waals surface area contributed by atoms with Crippen LogP contribution < -0.4 is 0 Å². The normalized spacial score (nSPS) is 29.8. The van der Waals surface area contributed by atoms with Gasteiger partial charge >= 0.3 is 5.97 Å². The van der Waals surface area contributed by atoms with Gasteiger partial charge in [0.2, 0.25) is 0 Å². The SMILES string of the molecule is CC1CCCCC(=O)O1.CC1CCCCC1=O. The molecule has 98 valence electrons. The Kier molecular flexibility index (Phi) is 6.23. The molecule has 1 aliphatic carbocycles. The Morgan fingerprint density at radius 1 is 0.941 bits per heavy atom. The lowest BCUT2D eigenvalue weighted by molar-refractivity contribution is -0.147. The van der Waals surface area contributed by atoms with E-state index in [1.165, 1.54) is 6.42 Å². The van der Waals surface area contributed by atoms with Crippen LogP contribution in [0.3, 0.4) is 0 Å². The van der Waals surface area contributed by atoms with Crippen LogP contribution in [0.25, 0.3) is 0 Å². The van der Waals surface area contributed by atoms with Crippen molar-refractivity contribution in [1.29, 1.82) is 0 Å². The molecule has 2 fully saturated rings. The van der Waals surface area contributed by atoms with E-state index in [4.69, 9.17) is 4.74 Å². The smallest absolute Gasteiger partial charge is 0.306 e. The minimum Gasteiger partial charge on any atom is -0.463 e. The summed E-state index contributed by atoms with van der Waals surface area (Å²) in [5.41, 5.74) is 0. The Morgan fingerprint density at radius 3 is 2.18 bits per heavy atom. The summed E-state index contributed by atoms with van der Waals surface area (Å²) < 4.78 is 4.97. The van der Waals surface area contributed by atoms with Gasteiger partial charge in [-0.1, -0.05) is 13.3 Å². The minimum absolute atomic E-state index is 0.0278. The molecule has 0 aromatic carbocycles. The van der Waals surface area contributed by atoms with Crippen molar-refractivity contribution in [2.75, 3.05) is 0 Å². The number of ether oxygens (including phenoxy) is 1. The molecule has 2 atom stereocenters. The number of esters is 1. The Labute approximate surface area is 104 Å². The molecule has 0 N–H and O–H groups in total. The van der Waals surface area contributed by atoms with E-state index in [9.17, 15) is 9.59 Å². The second kappa shape index (κ2) is 7.46. The Morgan fingerprint density at radius 2 is 1.59 bits per heavy atom. The minimum atomic E-state index is -0.0278. The van der Waals surface area contributed by atoms with Gasteiger partial charge in [0, 0.05) is 18.8 Å². The molecule has 0 radical (unpaired) electrons. The molecule has 1 aliphatic heterocycles. The van der Waals surface area contributed by atoms with Gasteiger partial charge in [-0.3, -0.25) is 9.59 Å². The van der Waals surface area contributed by atoms with Crippen LogP contribution in [-0.2, 0) is 14.3 Å². The zero-order valence-electron chi connectivity index (χ0n) is 11.0. The zero-order chi connectivity index (χ0) is 12.7. The van der Waals surface area contributed by atoms with Crippen LogP contribution in [0.15, 0.2) is 0 Å². The van der Waals surface area contributed by atoms with Crippen LogP contribution in [-0.4, -0.2) is 17.9 Å². The summed E-state index contributed by atoms with van der Waals surface area (Å²) in [5.74, 6) is 0.806. The molecule has 0 aromatic heterocycles. The van der Waals surface area contributed by atoms with Crippen LogP contribution in [0, 0.1) is 5.92 Å². The van der Waals surface area contributed by atoms with Crippen LogP contribution in [0.4, 0.5) is 0 Å². The molecule has 17 heavy (non-hydrogen) atoms. The maximum absolute atomic E-state index is 10.8. The fourth-order valence-corrected chi connectivity index (χ4v) is 2.20. The van der Waals surface area contributed by atoms with Crippen molar-refractivity contribution < 1.29 is 14.3 Å². The van der Waals surface area contributed by atoms with Crippen molar-refractivity contribution in [1.82, 2.24) is 0 Å². The van der Waals surface area contributed by atoms with Crippen molar-refractivity contribution in [2.24, 2.45) is 5.92 Å². The summed E-state index contributed by atoms with van der Waals surface area (Å²) in [4.78, 5) is 21.5. The average Bonchev–Trinajstić information content (AvgIpc) is 2.47. The molecule has 0 spiro atoms. The lowest BCUT2D eigenvalue weighted by atomic mass is 9.90. The van der Waals surface area contributed by atoms with Gasteiger partial charge in [0.15, 0.2) is 0 Å². The third-order valence-electron chi connectivity index (χ3n) is 3.43. The van der Waals surface area contributed by atoms with Gasteiger partial charge in [0.25, 0.3) is 0 Å². The highest BCUT2D eigenvalue weighted by Gasteiger charge is 2.16. The van der Waals surface area contributed by atoms with Gasteiger partial charge in [-0.2, -0.15) is 0 Å². The van der Waals surface area contributed by atoms with E-state index < -0.39 is 0 Å². The number of hydrogen-bond acceptors (Lipinski definition) is 3. The molecule has 1 heterocycles. The molecule has 0 bridgehead atoms. The molecule has 1 saturated carbocycles. The van der Waals surface area contributed by atoms with Gasteiger partial charge < -0.3 is 4.74 Å². The predicted octanol–water partition coefficient (Wildman–Crippen LogP) is 3.26. The Balaban J connectivity index is 0.000000171. The van der Waals surface area contributed by atoms with Gasteiger partial charge in [-0.25, -0.2) is 0 Å². The monoisotopic (exact) mass is 240 g/mol. The van der Waals surface area contributed by atoms with Gasteiger partial charge in [0.05, 0.1) is 6.10 Å². The van der Waals surface area contributed by atoms with Crippen LogP contribution in [0.2, 0.25) is 0 Å². The fourth-order valence-electron chi connectivity index (χ4n) is 2.20. The van der Waals surface area contributed by atoms with Crippen LogP contribution >= 0.6 is 0 Å². The fraction of sp³-hybridized carbons (Fsp3) is 0.857. The summed E-state index contributed by atoms with van der Waals surface area (Å²) >= 11 is 0. The third kappa shape index (κ3) is 5.85. The highest BCUT2D eigenvalue weighted by Crippen LogP contribution is 2.19. The molecular weight excluding hydrogens is 216 g/mol. The number of Topliss-reactive ketones (excluding diaryl/α,β-unsaturated/α-hetero) is 1. The lowest BCUT2D eigenvalue weighted by Gasteiger charge is -2.14. The maximum atomic E-state index is 10.8. The molecule has 3 nitrogen and oxygen atoms in total. The first kappa shape index (κ1) is 14.2. The Bertz CT molecular complexity index is 260. The Hall–Kier alpha value is -0.860. The molecule has 2 rings (SSSR count). The van der Waals surface area contributed by atoms with Gasteiger partial charge in [-0.05, 0) is 39.0 Å². The van der Waals surface area contributed by atoms with Gasteiger partial charge in [-0.15, -0.1) is 0 Å². The van der Waals surface area contributed by atoms with Crippen molar-refractivity contribution in [3.8, 4) is 0 Å². The summed E-state index contributed by atoms with van der Waals surface area (Å²) in [7, 11) is 0. The number of cyclic esters (lactones) is 1. The van der Waals surface area contributed by atoms with E-state index in [-0.39, 0.29) is 12.1 Å². The highest BCUT2D eigenvalue weighted by molar-refractivity contribution is 5.81. The summed E-state index contributed by atoms with van der Waals surface area (Å²) in [6.45, 7) is 3.98. The molecule has 2 aliphatic rings.